The van der Waals surface area contributed by atoms with Crippen LogP contribution < -0.4 is 9.80 Å². The van der Waals surface area contributed by atoms with Gasteiger partial charge in [-0.25, -0.2) is 18.4 Å². The fourth-order valence-corrected chi connectivity index (χ4v) is 5.41. The third-order valence-corrected chi connectivity index (χ3v) is 7.70. The van der Waals surface area contributed by atoms with Gasteiger partial charge in [-0.2, -0.15) is 0 Å². The molecule has 1 saturated heterocycles. The van der Waals surface area contributed by atoms with Crippen molar-refractivity contribution in [3.8, 4) is 17.3 Å². The van der Waals surface area contributed by atoms with Crippen molar-refractivity contribution in [1.82, 2.24) is 15.0 Å². The van der Waals surface area contributed by atoms with Crippen molar-refractivity contribution < 1.29 is 23.1 Å². The first-order valence-corrected chi connectivity index (χ1v) is 13.3. The maximum atomic E-state index is 13.5. The quantitative estimate of drug-likeness (QED) is 0.433. The van der Waals surface area contributed by atoms with Crippen LogP contribution in [0.25, 0.3) is 22.3 Å². The van der Waals surface area contributed by atoms with Crippen molar-refractivity contribution in [2.24, 2.45) is 0 Å². The molecular weight excluding hydrogens is 482 g/mol. The molecule has 6 rings (SSSR count). The van der Waals surface area contributed by atoms with Gasteiger partial charge < -0.3 is 24.6 Å². The molecule has 0 spiro atoms. The van der Waals surface area contributed by atoms with Gasteiger partial charge in [-0.1, -0.05) is 24.3 Å². The van der Waals surface area contributed by atoms with Crippen LogP contribution in [0.3, 0.4) is 0 Å². The molecule has 11 heteroatoms. The van der Waals surface area contributed by atoms with Crippen molar-refractivity contribution >= 4 is 38.2 Å². The number of rotatable bonds is 4. The lowest BCUT2D eigenvalue weighted by atomic mass is 10.1. The number of carbonyl (C=O) groups excluding carboxylic acids is 1. The summed E-state index contributed by atoms with van der Waals surface area (Å²) in [5.41, 5.74) is 2.89. The Labute approximate surface area is 207 Å². The fraction of sp³-hybridized carbons (Fsp3) is 0.240. The zero-order chi connectivity index (χ0) is 25.0. The Balaban J connectivity index is 1.43. The number of carbonyl (C=O) groups is 1. The van der Waals surface area contributed by atoms with E-state index in [0.717, 1.165) is 28.3 Å². The number of nitrogens with zero attached hydrogens (tertiary/aromatic N) is 4. The summed E-state index contributed by atoms with van der Waals surface area (Å²) >= 11 is 0. The second kappa shape index (κ2) is 8.32. The van der Waals surface area contributed by atoms with Gasteiger partial charge >= 0.3 is 0 Å². The smallest absolute Gasteiger partial charge is 0.252 e. The van der Waals surface area contributed by atoms with E-state index in [-0.39, 0.29) is 29.8 Å². The summed E-state index contributed by atoms with van der Waals surface area (Å²) < 4.78 is 29.3. The molecule has 1 atom stereocenters. The zero-order valence-electron chi connectivity index (χ0n) is 19.4. The lowest BCUT2D eigenvalue weighted by molar-refractivity contribution is -0.122. The molecule has 4 heterocycles. The van der Waals surface area contributed by atoms with E-state index in [1.165, 1.54) is 0 Å². The topological polar surface area (TPSA) is 129 Å². The van der Waals surface area contributed by atoms with Crippen LogP contribution in [0.15, 0.2) is 59.6 Å². The van der Waals surface area contributed by atoms with E-state index in [0.29, 0.717) is 30.5 Å². The van der Waals surface area contributed by atoms with Crippen LogP contribution in [0.2, 0.25) is 0 Å². The molecule has 0 radical (unpaired) electrons. The number of fused-ring (bicyclic) bond motifs is 4. The van der Waals surface area contributed by atoms with Gasteiger partial charge in [0.05, 0.1) is 30.9 Å². The number of hydrogen-bond donors (Lipinski definition) is 2. The average Bonchev–Trinajstić information content (AvgIpc) is 3.26. The maximum Gasteiger partial charge on any atom is 0.252 e. The van der Waals surface area contributed by atoms with Gasteiger partial charge in [0.15, 0.2) is 27.4 Å². The molecule has 2 aliphatic rings. The van der Waals surface area contributed by atoms with Crippen molar-refractivity contribution in [3.63, 3.8) is 0 Å². The highest BCUT2D eigenvalue weighted by molar-refractivity contribution is 7.90. The Morgan fingerprint density at radius 3 is 2.78 bits per heavy atom. The van der Waals surface area contributed by atoms with Gasteiger partial charge in [-0.15, -0.1) is 0 Å². The minimum atomic E-state index is -3.31. The monoisotopic (exact) mass is 505 g/mol. The highest BCUT2D eigenvalue weighted by atomic mass is 32.2. The average molecular weight is 506 g/mol. The molecule has 36 heavy (non-hydrogen) atoms. The Hall–Kier alpha value is -3.96. The predicted molar refractivity (Wildman–Crippen MR) is 134 cm³/mol. The number of benzene rings is 2. The van der Waals surface area contributed by atoms with Crippen molar-refractivity contribution in [1.29, 1.82) is 0 Å². The summed E-state index contributed by atoms with van der Waals surface area (Å²) in [4.78, 5) is 29.7. The third kappa shape index (κ3) is 3.76. The highest BCUT2D eigenvalue weighted by Gasteiger charge is 2.41. The van der Waals surface area contributed by atoms with Gasteiger partial charge in [0.25, 0.3) is 5.91 Å². The molecule has 1 unspecified atom stereocenters. The second-order valence-electron chi connectivity index (χ2n) is 8.95. The molecule has 0 bridgehead atoms. The van der Waals surface area contributed by atoms with Crippen LogP contribution in [0.1, 0.15) is 5.56 Å². The van der Waals surface area contributed by atoms with E-state index in [9.17, 15) is 18.3 Å². The number of amides is 1. The molecule has 0 aliphatic carbocycles. The number of morpholine rings is 1. The van der Waals surface area contributed by atoms with E-state index < -0.39 is 15.9 Å². The number of nitrogens with one attached hydrogen (secondary N) is 1. The van der Waals surface area contributed by atoms with Crippen LogP contribution in [-0.2, 0) is 25.9 Å². The molecule has 2 N–H and O–H groups in total. The number of sulfone groups is 1. The lowest BCUT2D eigenvalue weighted by Gasteiger charge is -2.44. The van der Waals surface area contributed by atoms with Gasteiger partial charge in [0, 0.05) is 35.3 Å². The molecule has 2 aromatic heterocycles. The SMILES string of the molecule is CS(=O)(=O)c1ccc(CN2C(=O)C3COCCN3c3nc(-c4cccc5[nH]c(O)cc45)ncc32)cc1. The van der Waals surface area contributed by atoms with Crippen LogP contribution in [0, 0.1) is 0 Å². The number of H-pyrrole nitrogens is 1. The summed E-state index contributed by atoms with van der Waals surface area (Å²) in [7, 11) is -3.31. The minimum absolute atomic E-state index is 0.0577. The summed E-state index contributed by atoms with van der Waals surface area (Å²) in [6.07, 6.45) is 2.81. The summed E-state index contributed by atoms with van der Waals surface area (Å²) in [6.45, 7) is 1.50. The normalized spacial score (nSPS) is 17.8. The van der Waals surface area contributed by atoms with E-state index >= 15 is 0 Å². The standard InChI is InChI=1S/C25H23N5O5S/c1-36(33,34)16-7-5-15(6-8-16)13-30-20-12-26-23(17-3-2-4-19-18(17)11-22(31)27-19)28-24(20)29-9-10-35-14-21(29)25(30)32/h2-8,11-12,21,27,31H,9-10,13-14H2,1H3. The largest absolute Gasteiger partial charge is 0.495 e. The van der Waals surface area contributed by atoms with E-state index in [2.05, 4.69) is 9.97 Å². The molecule has 0 saturated carbocycles. The molecule has 10 nitrogen and oxygen atoms in total. The molecule has 2 aromatic carbocycles. The third-order valence-electron chi connectivity index (χ3n) is 6.58. The number of aromatic amines is 1. The number of hydrogen-bond acceptors (Lipinski definition) is 8. The van der Waals surface area contributed by atoms with E-state index in [1.807, 2.05) is 23.1 Å². The second-order valence-corrected chi connectivity index (χ2v) is 11.0. The van der Waals surface area contributed by atoms with Crippen molar-refractivity contribution in [2.45, 2.75) is 17.5 Å². The van der Waals surface area contributed by atoms with E-state index in [1.54, 1.807) is 41.4 Å². The number of ether oxygens (including phenoxy) is 1. The molecule has 2 aliphatic heterocycles. The maximum absolute atomic E-state index is 13.5. The first-order chi connectivity index (χ1) is 17.3. The van der Waals surface area contributed by atoms with Crippen molar-refractivity contribution in [2.75, 3.05) is 35.8 Å². The van der Waals surface area contributed by atoms with Gasteiger partial charge in [0.1, 0.15) is 11.7 Å². The van der Waals surface area contributed by atoms with Crippen LogP contribution in [0.5, 0.6) is 5.88 Å². The van der Waals surface area contributed by atoms with Gasteiger partial charge in [-0.3, -0.25) is 4.79 Å². The number of aromatic nitrogens is 3. The minimum Gasteiger partial charge on any atom is -0.495 e. The van der Waals surface area contributed by atoms with Gasteiger partial charge in [0.2, 0.25) is 0 Å². The predicted octanol–water partition coefficient (Wildman–Crippen LogP) is 2.49. The zero-order valence-corrected chi connectivity index (χ0v) is 20.2. The lowest BCUT2D eigenvalue weighted by Crippen LogP contribution is -2.58. The molecule has 1 amide bonds. The molecule has 184 valence electrons. The first-order valence-electron chi connectivity index (χ1n) is 11.4. The Bertz CT molecular complexity index is 1600. The first kappa shape index (κ1) is 22.5. The fourth-order valence-electron chi connectivity index (χ4n) is 4.78. The summed E-state index contributed by atoms with van der Waals surface area (Å²) in [6, 6.07) is 13.3. The Morgan fingerprint density at radius 1 is 1.19 bits per heavy atom. The Kier molecular flexibility index (Phi) is 5.20. The highest BCUT2D eigenvalue weighted by Crippen LogP contribution is 2.38. The molecule has 4 aromatic rings. The molecular formula is C25H23N5O5S. The summed E-state index contributed by atoms with van der Waals surface area (Å²) in [5, 5.41) is 10.7. The number of aromatic hydroxyl groups is 1. The van der Waals surface area contributed by atoms with Crippen LogP contribution in [-0.4, -0.2) is 66.4 Å². The number of anilines is 2. The van der Waals surface area contributed by atoms with Crippen LogP contribution >= 0.6 is 0 Å². The Morgan fingerprint density at radius 2 is 2.00 bits per heavy atom. The summed E-state index contributed by atoms with van der Waals surface area (Å²) in [5.74, 6) is 1.05. The van der Waals surface area contributed by atoms with Gasteiger partial charge in [-0.05, 0) is 23.8 Å². The van der Waals surface area contributed by atoms with Crippen LogP contribution in [0.4, 0.5) is 11.5 Å². The van der Waals surface area contributed by atoms with E-state index in [4.69, 9.17) is 9.72 Å². The van der Waals surface area contributed by atoms with Crippen molar-refractivity contribution in [3.05, 3.63) is 60.3 Å². The molecule has 1 fully saturated rings.